The van der Waals surface area contributed by atoms with Crippen LogP contribution in [0.4, 0.5) is 0 Å². The minimum atomic E-state index is -0.373. The summed E-state index contributed by atoms with van der Waals surface area (Å²) >= 11 is 0. The van der Waals surface area contributed by atoms with Gasteiger partial charge in [-0.3, -0.25) is 0 Å². The zero-order valence-electron chi connectivity index (χ0n) is 10.3. The largest absolute Gasteiger partial charge is 0.390 e. The van der Waals surface area contributed by atoms with Gasteiger partial charge in [-0.2, -0.15) is 0 Å². The van der Waals surface area contributed by atoms with E-state index in [4.69, 9.17) is 0 Å². The minimum absolute atomic E-state index is 0.373. The summed E-state index contributed by atoms with van der Waals surface area (Å²) in [6, 6.07) is 0. The van der Waals surface area contributed by atoms with Crippen molar-refractivity contribution in [2.75, 3.05) is 0 Å². The highest BCUT2D eigenvalue weighted by Crippen LogP contribution is 2.45. The molecule has 0 radical (unpaired) electrons. The predicted molar refractivity (Wildman–Crippen MR) is 63.7 cm³/mol. The molecule has 0 aliphatic heterocycles. The van der Waals surface area contributed by atoms with Crippen molar-refractivity contribution in [3.8, 4) is 0 Å². The molecule has 2 fully saturated rings. The molecule has 0 heterocycles. The molecule has 0 amide bonds. The van der Waals surface area contributed by atoms with Crippen LogP contribution >= 0.6 is 0 Å². The Bertz CT molecular complexity index is 205. The van der Waals surface area contributed by atoms with Crippen molar-refractivity contribution in [1.82, 2.24) is 0 Å². The first-order valence-electron chi connectivity index (χ1n) is 6.86. The van der Waals surface area contributed by atoms with E-state index in [-0.39, 0.29) is 5.60 Å². The van der Waals surface area contributed by atoms with Crippen LogP contribution in [0.5, 0.6) is 0 Å². The maximum absolute atomic E-state index is 10.7. The first-order chi connectivity index (χ1) is 7.13. The normalized spacial score (nSPS) is 36.2. The van der Waals surface area contributed by atoms with Gasteiger partial charge < -0.3 is 5.11 Å². The summed E-state index contributed by atoms with van der Waals surface area (Å²) in [5.41, 5.74) is -0.373. The molecule has 0 bridgehead atoms. The third-order valence-electron chi connectivity index (χ3n) is 4.63. The van der Waals surface area contributed by atoms with Gasteiger partial charge >= 0.3 is 0 Å². The summed E-state index contributed by atoms with van der Waals surface area (Å²) in [6.07, 6.45) is 10.4. The van der Waals surface area contributed by atoms with Crippen LogP contribution in [0.3, 0.4) is 0 Å². The van der Waals surface area contributed by atoms with Crippen LogP contribution in [-0.4, -0.2) is 10.7 Å². The van der Waals surface area contributed by atoms with Gasteiger partial charge in [0.2, 0.25) is 0 Å². The Labute approximate surface area is 94.3 Å². The maximum atomic E-state index is 10.7. The Kier molecular flexibility index (Phi) is 3.39. The van der Waals surface area contributed by atoms with Crippen LogP contribution in [0.25, 0.3) is 0 Å². The quantitative estimate of drug-likeness (QED) is 0.749. The molecule has 1 nitrogen and oxygen atoms in total. The van der Waals surface area contributed by atoms with E-state index < -0.39 is 0 Å². The van der Waals surface area contributed by atoms with Crippen LogP contribution < -0.4 is 0 Å². The van der Waals surface area contributed by atoms with Crippen molar-refractivity contribution in [3.63, 3.8) is 0 Å². The van der Waals surface area contributed by atoms with Crippen LogP contribution in [0, 0.1) is 17.8 Å². The molecule has 3 atom stereocenters. The van der Waals surface area contributed by atoms with Crippen molar-refractivity contribution in [3.05, 3.63) is 0 Å². The lowest BCUT2D eigenvalue weighted by Gasteiger charge is -2.41. The van der Waals surface area contributed by atoms with Crippen molar-refractivity contribution >= 4 is 0 Å². The fourth-order valence-electron chi connectivity index (χ4n) is 3.57. The highest BCUT2D eigenvalue weighted by molar-refractivity contribution is 4.92. The van der Waals surface area contributed by atoms with Crippen LogP contribution in [-0.2, 0) is 0 Å². The lowest BCUT2D eigenvalue weighted by molar-refractivity contribution is -0.0533. The van der Waals surface area contributed by atoms with Crippen LogP contribution in [0.15, 0.2) is 0 Å². The fourth-order valence-corrected chi connectivity index (χ4v) is 3.57. The molecule has 88 valence electrons. The van der Waals surface area contributed by atoms with E-state index >= 15 is 0 Å². The maximum Gasteiger partial charge on any atom is 0.0653 e. The Hall–Kier alpha value is -0.0400. The summed E-state index contributed by atoms with van der Waals surface area (Å²) in [4.78, 5) is 0. The number of hydrogen-bond donors (Lipinski definition) is 1. The molecule has 2 aliphatic rings. The SMILES string of the molecule is CCC1CCCCC1C(C)(O)CC1CC1. The Balaban J connectivity index is 1.97. The first kappa shape index (κ1) is 11.4. The molecule has 0 spiro atoms. The van der Waals surface area contributed by atoms with E-state index in [9.17, 15) is 5.11 Å². The molecule has 2 aliphatic carbocycles. The molecule has 0 aromatic carbocycles. The second-order valence-electron chi connectivity index (χ2n) is 6.06. The molecule has 3 unspecified atom stereocenters. The minimum Gasteiger partial charge on any atom is -0.390 e. The van der Waals surface area contributed by atoms with Gasteiger partial charge in [0.05, 0.1) is 5.60 Å². The summed E-state index contributed by atoms with van der Waals surface area (Å²) < 4.78 is 0. The highest BCUT2D eigenvalue weighted by Gasteiger charge is 2.41. The van der Waals surface area contributed by atoms with Gasteiger partial charge in [-0.25, -0.2) is 0 Å². The predicted octanol–water partition coefficient (Wildman–Crippen LogP) is 3.75. The second-order valence-corrected chi connectivity index (χ2v) is 6.06. The smallest absolute Gasteiger partial charge is 0.0653 e. The summed E-state index contributed by atoms with van der Waals surface area (Å²) in [7, 11) is 0. The molecule has 1 heteroatoms. The number of hydrogen-bond acceptors (Lipinski definition) is 1. The van der Waals surface area contributed by atoms with Crippen molar-refractivity contribution in [2.24, 2.45) is 17.8 Å². The van der Waals surface area contributed by atoms with Crippen LogP contribution in [0.2, 0.25) is 0 Å². The lowest BCUT2D eigenvalue weighted by atomic mass is 9.68. The third-order valence-corrected chi connectivity index (χ3v) is 4.63. The van der Waals surface area contributed by atoms with E-state index in [0.717, 1.165) is 18.3 Å². The van der Waals surface area contributed by atoms with Crippen molar-refractivity contribution in [2.45, 2.75) is 70.8 Å². The second kappa shape index (κ2) is 4.45. The molecule has 0 saturated heterocycles. The molecule has 15 heavy (non-hydrogen) atoms. The van der Waals surface area contributed by atoms with E-state index in [1.807, 2.05) is 0 Å². The van der Waals surface area contributed by atoms with Crippen molar-refractivity contribution < 1.29 is 5.11 Å². The third kappa shape index (κ3) is 2.75. The lowest BCUT2D eigenvalue weighted by Crippen LogP contribution is -2.41. The molecule has 1 N–H and O–H groups in total. The Morgan fingerprint density at radius 2 is 1.80 bits per heavy atom. The average molecular weight is 210 g/mol. The van der Waals surface area contributed by atoms with E-state index in [0.29, 0.717) is 5.92 Å². The summed E-state index contributed by atoms with van der Waals surface area (Å²) in [6.45, 7) is 4.39. The van der Waals surface area contributed by atoms with Gasteiger partial charge in [-0.1, -0.05) is 45.4 Å². The molecule has 0 aromatic heterocycles. The highest BCUT2D eigenvalue weighted by atomic mass is 16.3. The fraction of sp³-hybridized carbons (Fsp3) is 1.00. The Morgan fingerprint density at radius 1 is 1.13 bits per heavy atom. The topological polar surface area (TPSA) is 20.2 Å². The molecular formula is C14H26O. The molecular weight excluding hydrogens is 184 g/mol. The van der Waals surface area contributed by atoms with Gasteiger partial charge in [-0.15, -0.1) is 0 Å². The van der Waals surface area contributed by atoms with Gasteiger partial charge in [0.25, 0.3) is 0 Å². The van der Waals surface area contributed by atoms with Crippen molar-refractivity contribution in [1.29, 1.82) is 0 Å². The van der Waals surface area contributed by atoms with E-state index in [1.165, 1.54) is 44.9 Å². The van der Waals surface area contributed by atoms with Crippen LogP contribution in [0.1, 0.15) is 65.2 Å². The first-order valence-corrected chi connectivity index (χ1v) is 6.86. The number of aliphatic hydroxyl groups is 1. The van der Waals surface area contributed by atoms with E-state index in [2.05, 4.69) is 13.8 Å². The van der Waals surface area contributed by atoms with E-state index in [1.54, 1.807) is 0 Å². The summed E-state index contributed by atoms with van der Waals surface area (Å²) in [5.74, 6) is 2.21. The molecule has 2 rings (SSSR count). The van der Waals surface area contributed by atoms with Gasteiger partial charge in [0, 0.05) is 0 Å². The average Bonchev–Trinajstić information content (AvgIpc) is 3.01. The zero-order chi connectivity index (χ0) is 10.9. The molecule has 0 aromatic rings. The Morgan fingerprint density at radius 3 is 2.40 bits per heavy atom. The van der Waals surface area contributed by atoms with Gasteiger partial charge in [0.15, 0.2) is 0 Å². The standard InChI is InChI=1S/C14H26O/c1-3-12-6-4-5-7-13(12)14(2,15)10-11-8-9-11/h11-13,15H,3-10H2,1-2H3. The zero-order valence-corrected chi connectivity index (χ0v) is 10.3. The van der Waals surface area contributed by atoms with Gasteiger partial charge in [0.1, 0.15) is 0 Å². The summed E-state index contributed by atoms with van der Waals surface area (Å²) in [5, 5.41) is 10.7. The number of rotatable bonds is 4. The molecule has 2 saturated carbocycles. The van der Waals surface area contributed by atoms with Gasteiger partial charge in [-0.05, 0) is 37.5 Å². The monoisotopic (exact) mass is 210 g/mol.